The molecule has 4 fully saturated rings. The van der Waals surface area contributed by atoms with Crippen molar-refractivity contribution >= 4 is 34.4 Å². The molecule has 5 aliphatic rings. The number of para-hydroxylation sites is 1. The summed E-state index contributed by atoms with van der Waals surface area (Å²) in [4.78, 5) is 47.7. The molecule has 0 unspecified atom stereocenters. The number of carbonyl (C=O) groups excluding carboxylic acids is 2. The minimum atomic E-state index is -1.14. The van der Waals surface area contributed by atoms with Crippen molar-refractivity contribution in [2.24, 2.45) is 33.8 Å². The van der Waals surface area contributed by atoms with Crippen LogP contribution in [0.25, 0.3) is 10.9 Å². The predicted octanol–water partition coefficient (Wildman–Crippen LogP) is 5.40. The Kier molecular flexibility index (Phi) is 13.3. The van der Waals surface area contributed by atoms with E-state index < -0.39 is 71.8 Å². The first kappa shape index (κ1) is 44.3. The number of esters is 1. The molecule has 4 bridgehead atoms. The fourth-order valence-electron chi connectivity index (χ4n) is 10.6. The topological polar surface area (TPSA) is 163 Å². The summed E-state index contributed by atoms with van der Waals surface area (Å²) in [6.45, 7) is 16.7. The van der Waals surface area contributed by atoms with Gasteiger partial charge in [0.15, 0.2) is 18.5 Å². The van der Waals surface area contributed by atoms with Crippen molar-refractivity contribution in [3.8, 4) is 0 Å². The number of oxime groups is 1. The van der Waals surface area contributed by atoms with Crippen LogP contribution in [0.1, 0.15) is 80.3 Å². The molecule has 2 aromatic rings. The zero-order chi connectivity index (χ0) is 43.1. The summed E-state index contributed by atoms with van der Waals surface area (Å²) >= 11 is 0. The molecule has 330 valence electrons. The van der Waals surface area contributed by atoms with Crippen molar-refractivity contribution < 1.29 is 48.0 Å². The largest absolute Gasteiger partial charge is 0.458 e. The van der Waals surface area contributed by atoms with Gasteiger partial charge in [-0.25, -0.2) is 9.78 Å². The highest BCUT2D eigenvalue weighted by atomic mass is 16.7. The van der Waals surface area contributed by atoms with Crippen molar-refractivity contribution in [2.45, 2.75) is 141 Å². The number of amides is 1. The maximum Gasteiger partial charge on any atom is 0.410 e. The van der Waals surface area contributed by atoms with Crippen molar-refractivity contribution in [1.82, 2.24) is 14.8 Å². The summed E-state index contributed by atoms with van der Waals surface area (Å²) in [5.41, 5.74) is 0.732. The van der Waals surface area contributed by atoms with E-state index in [0.717, 1.165) is 16.6 Å². The first-order valence-corrected chi connectivity index (χ1v) is 21.7. The molecule has 14 atom stereocenters. The number of carbonyl (C=O) groups is 2. The maximum atomic E-state index is 14.6. The summed E-state index contributed by atoms with van der Waals surface area (Å²) in [5, 5.41) is 17.4. The fraction of sp³-hybridized carbons (Fsp3) is 0.711. The van der Waals surface area contributed by atoms with Crippen LogP contribution in [0.5, 0.6) is 0 Å². The average molecular weight is 836 g/mol. The van der Waals surface area contributed by atoms with E-state index in [9.17, 15) is 14.7 Å². The molecule has 0 radical (unpaired) electrons. The van der Waals surface area contributed by atoms with E-state index in [1.165, 1.54) is 0 Å². The third-order valence-electron chi connectivity index (χ3n) is 13.6. The van der Waals surface area contributed by atoms with Gasteiger partial charge in [-0.2, -0.15) is 0 Å². The first-order chi connectivity index (χ1) is 28.5. The molecule has 0 aliphatic carbocycles. The number of cyclic esters (lactones) is 1. The molecule has 7 rings (SSSR count). The zero-order valence-electron chi connectivity index (χ0n) is 36.9. The standard InChI is InChI=1S/C45H65N5O10/c1-11-35-45(8)39-27(4)36(46-18-19-50(39)43(53)60-45)25(2)21-44(7)40(59-42-37(51)34(49(9)10)20-26(3)57-42)28(5)38(29(6)41(52)58-35)54-22-32(23-55-44)48-56-24-31-17-16-30-14-12-13-15-33(30)47-31/h12-17,25-29,34-35,37-40,42,51H,11,18-24H2,1-10H3/t25-,26+,27+,28-,29-,34-,35+,37+,38+,39-,40+,42-,44-,45-/m1/s1. The second-order valence-corrected chi connectivity index (χ2v) is 18.3. The number of aliphatic imine (C=N–C) groups is 1. The average Bonchev–Trinajstić information content (AvgIpc) is 3.36. The van der Waals surface area contributed by atoms with Gasteiger partial charge >= 0.3 is 12.1 Å². The van der Waals surface area contributed by atoms with Gasteiger partial charge in [-0.1, -0.05) is 57.1 Å². The highest BCUT2D eigenvalue weighted by Crippen LogP contribution is 2.45. The number of ether oxygens (including phenoxy) is 6. The maximum absolute atomic E-state index is 14.6. The van der Waals surface area contributed by atoms with Crippen molar-refractivity contribution in [3.63, 3.8) is 0 Å². The number of hydrogen-bond donors (Lipinski definition) is 1. The lowest BCUT2D eigenvalue weighted by Gasteiger charge is -2.48. The number of aliphatic hydroxyl groups is 1. The number of nitrogens with zero attached hydrogens (tertiary/aromatic N) is 5. The van der Waals surface area contributed by atoms with Crippen LogP contribution in [0.2, 0.25) is 0 Å². The van der Waals surface area contributed by atoms with E-state index in [-0.39, 0.29) is 43.8 Å². The number of likely N-dealkylation sites (N-methyl/N-ethyl adjacent to an activating group) is 1. The monoisotopic (exact) mass is 835 g/mol. The fourth-order valence-corrected chi connectivity index (χ4v) is 10.6. The summed E-state index contributed by atoms with van der Waals surface area (Å²) in [6.07, 6.45) is -3.45. The lowest BCUT2D eigenvalue weighted by atomic mass is 9.72. The van der Waals surface area contributed by atoms with Crippen LogP contribution >= 0.6 is 0 Å². The van der Waals surface area contributed by atoms with Crippen LogP contribution in [0, 0.1) is 23.7 Å². The molecule has 5 aliphatic heterocycles. The number of fused-ring (bicyclic) bond motifs is 5. The molecule has 60 heavy (non-hydrogen) atoms. The molecule has 15 heteroatoms. The Labute approximate surface area is 354 Å². The van der Waals surface area contributed by atoms with Crippen LogP contribution in [0.3, 0.4) is 0 Å². The highest BCUT2D eigenvalue weighted by molar-refractivity contribution is 5.91. The molecule has 1 amide bonds. The summed E-state index contributed by atoms with van der Waals surface area (Å²) in [6, 6.07) is 11.1. The molecular weight excluding hydrogens is 771 g/mol. The summed E-state index contributed by atoms with van der Waals surface area (Å²) in [5.74, 6) is -2.26. The third kappa shape index (κ3) is 8.67. The summed E-state index contributed by atoms with van der Waals surface area (Å²) in [7, 11) is 3.88. The molecule has 1 aromatic carbocycles. The molecule has 0 spiro atoms. The Bertz CT molecular complexity index is 1930. The van der Waals surface area contributed by atoms with Gasteiger partial charge in [0, 0.05) is 35.5 Å². The number of rotatable bonds is 7. The van der Waals surface area contributed by atoms with Gasteiger partial charge in [-0.15, -0.1) is 0 Å². The van der Waals surface area contributed by atoms with E-state index >= 15 is 0 Å². The molecule has 15 nitrogen and oxygen atoms in total. The molecule has 4 saturated heterocycles. The lowest BCUT2D eigenvalue weighted by molar-refractivity contribution is -0.302. The van der Waals surface area contributed by atoms with Gasteiger partial charge in [0.25, 0.3) is 0 Å². The van der Waals surface area contributed by atoms with Gasteiger partial charge < -0.3 is 43.3 Å². The van der Waals surface area contributed by atoms with Crippen LogP contribution in [0.15, 0.2) is 46.5 Å². The van der Waals surface area contributed by atoms with E-state index in [4.69, 9.17) is 43.2 Å². The Hall–Kier alpha value is -3.73. The van der Waals surface area contributed by atoms with Crippen LogP contribution < -0.4 is 0 Å². The predicted molar refractivity (Wildman–Crippen MR) is 224 cm³/mol. The molecule has 0 saturated carbocycles. The minimum Gasteiger partial charge on any atom is -0.458 e. The Morgan fingerprint density at radius 2 is 1.80 bits per heavy atom. The SMILES string of the molecule is CC[C@@H]1OC(=O)[C@H](C)[C@H]2OCC(=NOCc3ccc4ccccc4n3)CO[C@](C)(C[C@@H](C)C3=NCCN4C(=O)O[C@@]1(C)[C@H]4[C@H]3C)[C@@H](O[C@H]1O[C@@H](C)C[C@@H](N(C)C)[C@@H]1O)[C@@H]2C. The van der Waals surface area contributed by atoms with Gasteiger partial charge in [0.1, 0.15) is 17.9 Å². The second kappa shape index (κ2) is 17.9. The molecule has 1 N–H and O–H groups in total. The number of aromatic nitrogens is 1. The van der Waals surface area contributed by atoms with Crippen LogP contribution in [0.4, 0.5) is 4.79 Å². The van der Waals surface area contributed by atoms with Gasteiger partial charge in [0.05, 0.1) is 66.8 Å². The Morgan fingerprint density at radius 3 is 2.55 bits per heavy atom. The van der Waals surface area contributed by atoms with E-state index in [1.54, 1.807) is 11.8 Å². The Balaban J connectivity index is 1.30. The summed E-state index contributed by atoms with van der Waals surface area (Å²) < 4.78 is 39.9. The quantitative estimate of drug-likeness (QED) is 0.280. The number of pyridine rings is 1. The van der Waals surface area contributed by atoms with Crippen molar-refractivity contribution in [3.05, 3.63) is 42.1 Å². The normalized spacial score (nSPS) is 39.9. The number of aliphatic hydroxyl groups excluding tert-OH is 1. The van der Waals surface area contributed by atoms with Gasteiger partial charge in [-0.3, -0.25) is 14.7 Å². The Morgan fingerprint density at radius 1 is 1.03 bits per heavy atom. The highest BCUT2D eigenvalue weighted by Gasteiger charge is 2.60. The van der Waals surface area contributed by atoms with Crippen LogP contribution in [-0.4, -0.2) is 144 Å². The van der Waals surface area contributed by atoms with Crippen LogP contribution in [-0.2, 0) is 44.7 Å². The van der Waals surface area contributed by atoms with Crippen molar-refractivity contribution in [1.29, 1.82) is 0 Å². The molecule has 6 heterocycles. The molecule has 1 aromatic heterocycles. The third-order valence-corrected chi connectivity index (χ3v) is 13.6. The van der Waals surface area contributed by atoms with E-state index in [2.05, 4.69) is 19.0 Å². The number of benzene rings is 1. The van der Waals surface area contributed by atoms with Gasteiger partial charge in [-0.05, 0) is 79.1 Å². The first-order valence-electron chi connectivity index (χ1n) is 21.7. The van der Waals surface area contributed by atoms with E-state index in [1.807, 2.05) is 90.0 Å². The second-order valence-electron chi connectivity index (χ2n) is 18.3. The van der Waals surface area contributed by atoms with Gasteiger partial charge in [0.2, 0.25) is 0 Å². The smallest absolute Gasteiger partial charge is 0.410 e. The zero-order valence-corrected chi connectivity index (χ0v) is 36.9. The molecular formula is C45H65N5O10. The van der Waals surface area contributed by atoms with Crippen molar-refractivity contribution in [2.75, 3.05) is 40.4 Å². The minimum absolute atomic E-state index is 0.00820. The lowest BCUT2D eigenvalue weighted by Crippen LogP contribution is -2.60. The van der Waals surface area contributed by atoms with E-state index in [0.29, 0.717) is 43.8 Å². The number of hydrogen-bond acceptors (Lipinski definition) is 14.